The van der Waals surface area contributed by atoms with Gasteiger partial charge >= 0.3 is 0 Å². The van der Waals surface area contributed by atoms with E-state index in [0.29, 0.717) is 5.02 Å². The van der Waals surface area contributed by atoms with Gasteiger partial charge in [0.1, 0.15) is 6.54 Å². The molecule has 2 aromatic heterocycles. The largest absolute Gasteiger partial charge is 0.346 e. The summed E-state index contributed by atoms with van der Waals surface area (Å²) < 4.78 is 3.31. The highest BCUT2D eigenvalue weighted by molar-refractivity contribution is 6.31. The van der Waals surface area contributed by atoms with Crippen LogP contribution < -0.4 is 5.32 Å². The molecule has 7 heteroatoms. The number of amides is 1. The molecule has 0 unspecified atom stereocenters. The number of aromatic nitrogens is 4. The predicted octanol–water partition coefficient (Wildman–Crippen LogP) is 1.85. The molecule has 0 bridgehead atoms. The van der Waals surface area contributed by atoms with E-state index in [2.05, 4.69) is 15.5 Å². The first-order chi connectivity index (χ1) is 9.51. The molecule has 20 heavy (non-hydrogen) atoms. The maximum Gasteiger partial charge on any atom is 0.242 e. The van der Waals surface area contributed by atoms with Gasteiger partial charge in [0, 0.05) is 19.4 Å². The summed E-state index contributed by atoms with van der Waals surface area (Å²) in [5.74, 6) is -0.0998. The fraction of sp³-hybridized carbons (Fsp3) is 0.462. The lowest BCUT2D eigenvalue weighted by molar-refractivity contribution is -0.122. The Hall–Kier alpha value is -1.82. The van der Waals surface area contributed by atoms with E-state index in [1.54, 1.807) is 28.7 Å². The summed E-state index contributed by atoms with van der Waals surface area (Å²) >= 11 is 5.92. The van der Waals surface area contributed by atoms with Crippen molar-refractivity contribution in [1.82, 2.24) is 24.9 Å². The van der Waals surface area contributed by atoms with E-state index in [0.717, 1.165) is 17.8 Å². The van der Waals surface area contributed by atoms with Gasteiger partial charge in [0.2, 0.25) is 5.91 Å². The Bertz CT molecular complexity index is 584. The van der Waals surface area contributed by atoms with Crippen molar-refractivity contribution >= 4 is 17.5 Å². The lowest BCUT2D eigenvalue weighted by atomic mass is 10.1. The molecule has 0 aromatic carbocycles. The van der Waals surface area contributed by atoms with Gasteiger partial charge in [0.15, 0.2) is 0 Å². The minimum absolute atomic E-state index is 0.0536. The van der Waals surface area contributed by atoms with Crippen molar-refractivity contribution in [2.75, 3.05) is 0 Å². The van der Waals surface area contributed by atoms with Crippen molar-refractivity contribution < 1.29 is 4.79 Å². The predicted molar refractivity (Wildman–Crippen MR) is 76.4 cm³/mol. The molecule has 2 heterocycles. The third-order valence-corrected chi connectivity index (χ3v) is 3.52. The molecule has 108 valence electrons. The first-order valence-electron chi connectivity index (χ1n) is 6.48. The number of nitrogens with zero attached hydrogens (tertiary/aromatic N) is 4. The van der Waals surface area contributed by atoms with Gasteiger partial charge in [-0.2, -0.15) is 10.2 Å². The van der Waals surface area contributed by atoms with E-state index >= 15 is 0 Å². The Morgan fingerprint density at radius 1 is 1.55 bits per heavy atom. The van der Waals surface area contributed by atoms with Crippen LogP contribution in [0.3, 0.4) is 0 Å². The monoisotopic (exact) mass is 295 g/mol. The van der Waals surface area contributed by atoms with E-state index in [1.807, 2.05) is 20.0 Å². The van der Waals surface area contributed by atoms with E-state index in [-0.39, 0.29) is 18.5 Å². The highest BCUT2D eigenvalue weighted by Crippen LogP contribution is 2.15. The number of rotatable bonds is 5. The molecular formula is C13H18ClN5O. The Kier molecular flexibility index (Phi) is 4.44. The molecule has 1 atom stereocenters. The van der Waals surface area contributed by atoms with E-state index in [4.69, 9.17) is 11.6 Å². The van der Waals surface area contributed by atoms with Crippen LogP contribution in [0.1, 0.15) is 30.8 Å². The lowest BCUT2D eigenvalue weighted by Crippen LogP contribution is -2.32. The van der Waals surface area contributed by atoms with Crippen molar-refractivity contribution in [2.24, 2.45) is 7.05 Å². The summed E-state index contributed by atoms with van der Waals surface area (Å²) in [5.41, 5.74) is 1.70. The normalized spacial score (nSPS) is 12.4. The van der Waals surface area contributed by atoms with Crippen LogP contribution in [0.25, 0.3) is 0 Å². The standard InChI is InChI=1S/C13H18ClN5O/c1-4-11(12-5-6-15-18(12)3)16-13(20)8-19-7-10(14)9(2)17-19/h5-7,11H,4,8H2,1-3H3,(H,16,20)/t11-/m1/s1. The second-order valence-electron chi connectivity index (χ2n) is 4.67. The van der Waals surface area contributed by atoms with Gasteiger partial charge in [-0.15, -0.1) is 0 Å². The molecule has 2 rings (SSSR count). The van der Waals surface area contributed by atoms with Gasteiger partial charge < -0.3 is 5.32 Å². The molecule has 2 aromatic rings. The molecule has 0 aliphatic carbocycles. The van der Waals surface area contributed by atoms with Crippen LogP contribution in [0.15, 0.2) is 18.5 Å². The Morgan fingerprint density at radius 2 is 2.30 bits per heavy atom. The SMILES string of the molecule is CC[C@@H](NC(=O)Cn1cc(Cl)c(C)n1)c1ccnn1C. The highest BCUT2D eigenvalue weighted by Gasteiger charge is 2.16. The number of aryl methyl sites for hydroxylation is 2. The van der Waals surface area contributed by atoms with Crippen molar-refractivity contribution in [3.63, 3.8) is 0 Å². The molecule has 0 radical (unpaired) electrons. The van der Waals surface area contributed by atoms with Gasteiger partial charge in [-0.1, -0.05) is 18.5 Å². The Morgan fingerprint density at radius 3 is 2.80 bits per heavy atom. The Labute approximate surface area is 122 Å². The summed E-state index contributed by atoms with van der Waals surface area (Å²) in [7, 11) is 1.86. The van der Waals surface area contributed by atoms with Crippen LogP contribution in [-0.2, 0) is 18.4 Å². The summed E-state index contributed by atoms with van der Waals surface area (Å²) in [5, 5.41) is 11.8. The molecule has 0 saturated carbocycles. The first-order valence-corrected chi connectivity index (χ1v) is 6.86. The zero-order valence-electron chi connectivity index (χ0n) is 11.8. The van der Waals surface area contributed by atoms with Gasteiger partial charge in [0.25, 0.3) is 0 Å². The van der Waals surface area contributed by atoms with Crippen LogP contribution in [-0.4, -0.2) is 25.5 Å². The molecule has 0 aliphatic rings. The summed E-state index contributed by atoms with van der Waals surface area (Å²) in [6.07, 6.45) is 4.17. The van der Waals surface area contributed by atoms with Crippen molar-refractivity contribution in [3.8, 4) is 0 Å². The van der Waals surface area contributed by atoms with Crippen LogP contribution in [0.2, 0.25) is 5.02 Å². The number of halogens is 1. The fourth-order valence-corrected chi connectivity index (χ4v) is 2.22. The average Bonchev–Trinajstić information content (AvgIpc) is 2.93. The number of carbonyl (C=O) groups excluding carboxylic acids is 1. The lowest BCUT2D eigenvalue weighted by Gasteiger charge is -2.17. The van der Waals surface area contributed by atoms with Crippen molar-refractivity contribution in [2.45, 2.75) is 32.9 Å². The van der Waals surface area contributed by atoms with E-state index in [9.17, 15) is 4.79 Å². The number of hydrogen-bond acceptors (Lipinski definition) is 3. The van der Waals surface area contributed by atoms with Crippen LogP contribution in [0.5, 0.6) is 0 Å². The summed E-state index contributed by atoms with van der Waals surface area (Å²) in [6, 6.07) is 1.85. The average molecular weight is 296 g/mol. The fourth-order valence-electron chi connectivity index (χ4n) is 2.07. The summed E-state index contributed by atoms with van der Waals surface area (Å²) in [4.78, 5) is 12.1. The number of carbonyl (C=O) groups is 1. The quantitative estimate of drug-likeness (QED) is 0.915. The van der Waals surface area contributed by atoms with E-state index < -0.39 is 0 Å². The molecule has 0 spiro atoms. The third-order valence-electron chi connectivity index (χ3n) is 3.15. The van der Waals surface area contributed by atoms with Gasteiger partial charge in [-0.05, 0) is 19.4 Å². The third kappa shape index (κ3) is 3.19. The maximum atomic E-state index is 12.1. The van der Waals surface area contributed by atoms with Crippen LogP contribution in [0, 0.1) is 6.92 Å². The topological polar surface area (TPSA) is 64.7 Å². The second-order valence-corrected chi connectivity index (χ2v) is 5.08. The van der Waals surface area contributed by atoms with E-state index in [1.165, 1.54) is 0 Å². The molecular weight excluding hydrogens is 278 g/mol. The minimum atomic E-state index is -0.0998. The zero-order valence-corrected chi connectivity index (χ0v) is 12.6. The van der Waals surface area contributed by atoms with Gasteiger partial charge in [-0.3, -0.25) is 14.2 Å². The van der Waals surface area contributed by atoms with Gasteiger partial charge in [-0.25, -0.2) is 0 Å². The van der Waals surface area contributed by atoms with Gasteiger partial charge in [0.05, 0.1) is 22.5 Å². The van der Waals surface area contributed by atoms with Crippen LogP contribution >= 0.6 is 11.6 Å². The molecule has 0 fully saturated rings. The summed E-state index contributed by atoms with van der Waals surface area (Å²) in [6.45, 7) is 3.98. The maximum absolute atomic E-state index is 12.1. The highest BCUT2D eigenvalue weighted by atomic mass is 35.5. The van der Waals surface area contributed by atoms with Crippen LogP contribution in [0.4, 0.5) is 0 Å². The van der Waals surface area contributed by atoms with Crippen molar-refractivity contribution in [1.29, 1.82) is 0 Å². The Balaban J connectivity index is 2.01. The molecule has 1 N–H and O–H groups in total. The molecule has 1 amide bonds. The number of nitrogens with one attached hydrogen (secondary N) is 1. The zero-order chi connectivity index (χ0) is 14.7. The molecule has 0 saturated heterocycles. The minimum Gasteiger partial charge on any atom is -0.346 e. The smallest absolute Gasteiger partial charge is 0.242 e. The number of hydrogen-bond donors (Lipinski definition) is 1. The second kappa shape index (κ2) is 6.09. The first kappa shape index (κ1) is 14.6. The van der Waals surface area contributed by atoms with Crippen molar-refractivity contribution in [3.05, 3.63) is 34.9 Å². The molecule has 6 nitrogen and oxygen atoms in total. The molecule has 0 aliphatic heterocycles.